The van der Waals surface area contributed by atoms with Gasteiger partial charge in [-0.1, -0.05) is 53.6 Å². The molecule has 0 saturated heterocycles. The zero-order valence-corrected chi connectivity index (χ0v) is 14.6. The first kappa shape index (κ1) is 16.4. The molecule has 1 aromatic heterocycles. The fraction of sp³-hybridized carbons (Fsp3) is 0.0526. The molecule has 120 valence electrons. The predicted molar refractivity (Wildman–Crippen MR) is 101 cm³/mol. The van der Waals surface area contributed by atoms with Gasteiger partial charge in [-0.3, -0.25) is 10.1 Å². The van der Waals surface area contributed by atoms with E-state index in [9.17, 15) is 4.79 Å². The summed E-state index contributed by atoms with van der Waals surface area (Å²) in [4.78, 5) is 16.4. The molecule has 0 atom stereocenters. The number of hydrogen-bond donors (Lipinski definition) is 1. The van der Waals surface area contributed by atoms with Crippen molar-refractivity contribution in [1.29, 1.82) is 0 Å². The van der Waals surface area contributed by atoms with E-state index in [2.05, 4.69) is 10.3 Å². The zero-order valence-electron chi connectivity index (χ0n) is 13.0. The van der Waals surface area contributed by atoms with Gasteiger partial charge in [-0.15, -0.1) is 11.3 Å². The van der Waals surface area contributed by atoms with E-state index in [1.807, 2.05) is 48.7 Å². The van der Waals surface area contributed by atoms with Crippen LogP contribution in [0.25, 0.3) is 17.3 Å². The van der Waals surface area contributed by atoms with Gasteiger partial charge in [0, 0.05) is 22.0 Å². The topological polar surface area (TPSA) is 42.0 Å². The van der Waals surface area contributed by atoms with Crippen LogP contribution in [0.2, 0.25) is 5.02 Å². The molecule has 0 radical (unpaired) electrons. The fourth-order valence-corrected chi connectivity index (χ4v) is 2.93. The maximum absolute atomic E-state index is 12.0. The van der Waals surface area contributed by atoms with Crippen LogP contribution in [0.5, 0.6) is 0 Å². The lowest BCUT2D eigenvalue weighted by Crippen LogP contribution is -2.07. The first-order chi connectivity index (χ1) is 11.6. The summed E-state index contributed by atoms with van der Waals surface area (Å²) in [7, 11) is 0. The third-order valence-electron chi connectivity index (χ3n) is 3.38. The van der Waals surface area contributed by atoms with Gasteiger partial charge in [-0.25, -0.2) is 4.98 Å². The Bertz CT molecular complexity index is 867. The summed E-state index contributed by atoms with van der Waals surface area (Å²) >= 11 is 7.24. The van der Waals surface area contributed by atoms with Crippen molar-refractivity contribution in [2.24, 2.45) is 0 Å². The molecule has 0 fully saturated rings. The number of carbonyl (C=O) groups is 1. The molecule has 3 nitrogen and oxygen atoms in total. The molecule has 24 heavy (non-hydrogen) atoms. The predicted octanol–water partition coefficient (Wildman–Crippen LogP) is 5.42. The van der Waals surface area contributed by atoms with Gasteiger partial charge in [-0.05, 0) is 30.7 Å². The highest BCUT2D eigenvalue weighted by Crippen LogP contribution is 2.25. The van der Waals surface area contributed by atoms with Crippen LogP contribution in [0.4, 0.5) is 5.13 Å². The van der Waals surface area contributed by atoms with E-state index in [0.29, 0.717) is 10.2 Å². The highest BCUT2D eigenvalue weighted by Gasteiger charge is 2.06. The largest absolute Gasteiger partial charge is 0.298 e. The quantitative estimate of drug-likeness (QED) is 0.635. The third-order valence-corrected chi connectivity index (χ3v) is 4.39. The van der Waals surface area contributed by atoms with Crippen molar-refractivity contribution in [2.75, 3.05) is 5.32 Å². The Balaban J connectivity index is 1.64. The minimum atomic E-state index is -0.213. The first-order valence-electron chi connectivity index (χ1n) is 7.37. The Hall–Kier alpha value is -2.43. The molecule has 5 heteroatoms. The second kappa shape index (κ2) is 7.43. The van der Waals surface area contributed by atoms with Crippen LogP contribution in [-0.4, -0.2) is 10.9 Å². The first-order valence-corrected chi connectivity index (χ1v) is 8.63. The summed E-state index contributed by atoms with van der Waals surface area (Å²) in [6, 6.07) is 15.4. The lowest BCUT2D eigenvalue weighted by molar-refractivity contribution is -0.111. The molecule has 3 rings (SSSR count). The van der Waals surface area contributed by atoms with Crippen LogP contribution in [0.3, 0.4) is 0 Å². The summed E-state index contributed by atoms with van der Waals surface area (Å²) in [5.41, 5.74) is 4.01. The van der Waals surface area contributed by atoms with Gasteiger partial charge in [0.2, 0.25) is 5.91 Å². The van der Waals surface area contributed by atoms with Crippen LogP contribution in [0.15, 0.2) is 60.0 Å². The number of thiazole rings is 1. The second-order valence-electron chi connectivity index (χ2n) is 5.28. The molecule has 3 aromatic rings. The zero-order chi connectivity index (χ0) is 16.9. The van der Waals surface area contributed by atoms with E-state index in [-0.39, 0.29) is 5.91 Å². The minimum absolute atomic E-state index is 0.213. The van der Waals surface area contributed by atoms with Crippen molar-refractivity contribution in [3.63, 3.8) is 0 Å². The number of aromatic nitrogens is 1. The molecule has 1 amide bonds. The molecule has 0 aliphatic rings. The second-order valence-corrected chi connectivity index (χ2v) is 6.57. The number of anilines is 1. The van der Waals surface area contributed by atoms with E-state index in [1.165, 1.54) is 23.0 Å². The maximum Gasteiger partial charge on any atom is 0.250 e. The molecule has 1 N–H and O–H groups in total. The number of aryl methyl sites for hydroxylation is 1. The van der Waals surface area contributed by atoms with Crippen molar-refractivity contribution in [3.05, 3.63) is 76.1 Å². The summed E-state index contributed by atoms with van der Waals surface area (Å²) in [6.07, 6.45) is 3.22. The third kappa shape index (κ3) is 4.31. The number of rotatable bonds is 4. The maximum atomic E-state index is 12.0. The average molecular weight is 355 g/mol. The monoisotopic (exact) mass is 354 g/mol. The van der Waals surface area contributed by atoms with E-state index < -0.39 is 0 Å². The highest BCUT2D eigenvalue weighted by atomic mass is 35.5. The van der Waals surface area contributed by atoms with Gasteiger partial charge < -0.3 is 0 Å². The molecule has 0 aliphatic heterocycles. The minimum Gasteiger partial charge on any atom is -0.298 e. The van der Waals surface area contributed by atoms with Gasteiger partial charge in [0.1, 0.15) is 0 Å². The van der Waals surface area contributed by atoms with E-state index >= 15 is 0 Å². The number of nitrogens with one attached hydrogen (secondary N) is 1. The molecule has 0 bridgehead atoms. The molecular formula is C19H15ClN2OS. The van der Waals surface area contributed by atoms with Crippen molar-refractivity contribution >= 4 is 40.1 Å². The van der Waals surface area contributed by atoms with Crippen LogP contribution in [0.1, 0.15) is 11.1 Å². The molecule has 1 heterocycles. The summed E-state index contributed by atoms with van der Waals surface area (Å²) in [5, 5.41) is 5.96. The van der Waals surface area contributed by atoms with Crippen molar-refractivity contribution in [3.8, 4) is 11.3 Å². The number of hydrogen-bond acceptors (Lipinski definition) is 3. The van der Waals surface area contributed by atoms with Crippen molar-refractivity contribution in [1.82, 2.24) is 4.98 Å². The normalized spacial score (nSPS) is 10.9. The Kier molecular flexibility index (Phi) is 5.08. The number of nitrogens with zero attached hydrogens (tertiary/aromatic N) is 1. The lowest BCUT2D eigenvalue weighted by atomic mass is 10.1. The van der Waals surface area contributed by atoms with E-state index in [0.717, 1.165) is 16.8 Å². The summed E-state index contributed by atoms with van der Waals surface area (Å²) < 4.78 is 0. The molecule has 0 unspecified atom stereocenters. The van der Waals surface area contributed by atoms with E-state index in [1.54, 1.807) is 18.2 Å². The van der Waals surface area contributed by atoms with Gasteiger partial charge in [0.15, 0.2) is 5.13 Å². The van der Waals surface area contributed by atoms with Crippen LogP contribution in [0, 0.1) is 6.92 Å². The Morgan fingerprint density at radius 1 is 1.12 bits per heavy atom. The lowest BCUT2D eigenvalue weighted by Gasteiger charge is -1.98. The molecule has 0 spiro atoms. The van der Waals surface area contributed by atoms with Crippen molar-refractivity contribution in [2.45, 2.75) is 6.92 Å². The standard InChI is InChI=1S/C19H15ClN2OS/c1-13-2-7-15(8-3-13)17-12-24-19(21-17)22-18(23)11-6-14-4-9-16(20)10-5-14/h2-12H,1H3,(H,21,22,23)/b11-6+. The molecule has 0 saturated carbocycles. The SMILES string of the molecule is Cc1ccc(-c2csc(NC(=O)/C=C/c3ccc(Cl)cc3)n2)cc1. The summed E-state index contributed by atoms with van der Waals surface area (Å²) in [6.45, 7) is 2.05. The average Bonchev–Trinajstić information content (AvgIpc) is 3.03. The number of amides is 1. The number of halogens is 1. The van der Waals surface area contributed by atoms with Crippen LogP contribution < -0.4 is 5.32 Å². The van der Waals surface area contributed by atoms with Gasteiger partial charge >= 0.3 is 0 Å². The van der Waals surface area contributed by atoms with Gasteiger partial charge in [0.25, 0.3) is 0 Å². The van der Waals surface area contributed by atoms with Gasteiger partial charge in [0.05, 0.1) is 5.69 Å². The van der Waals surface area contributed by atoms with E-state index in [4.69, 9.17) is 11.6 Å². The molecular weight excluding hydrogens is 340 g/mol. The van der Waals surface area contributed by atoms with Gasteiger partial charge in [-0.2, -0.15) is 0 Å². The number of carbonyl (C=O) groups excluding carboxylic acids is 1. The number of benzene rings is 2. The Labute approximate surface area is 149 Å². The van der Waals surface area contributed by atoms with Crippen LogP contribution >= 0.6 is 22.9 Å². The summed E-state index contributed by atoms with van der Waals surface area (Å²) in [5.74, 6) is -0.213. The Morgan fingerprint density at radius 2 is 1.83 bits per heavy atom. The Morgan fingerprint density at radius 3 is 2.54 bits per heavy atom. The highest BCUT2D eigenvalue weighted by molar-refractivity contribution is 7.14. The molecule has 0 aliphatic carbocycles. The van der Waals surface area contributed by atoms with Crippen LogP contribution in [-0.2, 0) is 4.79 Å². The van der Waals surface area contributed by atoms with Crippen molar-refractivity contribution < 1.29 is 4.79 Å². The molecule has 2 aromatic carbocycles. The smallest absolute Gasteiger partial charge is 0.250 e. The fourth-order valence-electron chi connectivity index (χ4n) is 2.08.